The number of hydrogen-bond donors (Lipinski definition) is 2. The van der Waals surface area contributed by atoms with Crippen molar-refractivity contribution in [2.75, 3.05) is 25.1 Å². The fraction of sp³-hybridized carbons (Fsp3) is 0.611. The molecule has 2 aliphatic heterocycles. The van der Waals surface area contributed by atoms with Gasteiger partial charge in [-0.25, -0.2) is 4.98 Å². The minimum Gasteiger partial charge on any atom is -0.381 e. The van der Waals surface area contributed by atoms with Crippen LogP contribution in [0.4, 0.5) is 5.82 Å². The smallest absolute Gasteiger partial charge is 0.255 e. The second-order valence-electron chi connectivity index (χ2n) is 6.89. The molecule has 7 nitrogen and oxygen atoms in total. The average molecular weight is 346 g/mol. The molecule has 2 saturated heterocycles. The van der Waals surface area contributed by atoms with E-state index < -0.39 is 6.04 Å². The summed E-state index contributed by atoms with van der Waals surface area (Å²) >= 11 is 0. The molecule has 136 valence electrons. The maximum Gasteiger partial charge on any atom is 0.255 e. The average Bonchev–Trinajstić information content (AvgIpc) is 2.96. The van der Waals surface area contributed by atoms with Crippen LogP contribution in [-0.2, 0) is 9.53 Å². The Morgan fingerprint density at radius 1 is 1.32 bits per heavy atom. The van der Waals surface area contributed by atoms with Crippen molar-refractivity contribution in [2.24, 2.45) is 0 Å². The van der Waals surface area contributed by atoms with Crippen molar-refractivity contribution < 1.29 is 14.3 Å². The molecule has 2 aliphatic rings. The zero-order valence-electron chi connectivity index (χ0n) is 14.8. The van der Waals surface area contributed by atoms with Crippen LogP contribution < -0.4 is 10.6 Å². The summed E-state index contributed by atoms with van der Waals surface area (Å²) in [6, 6.07) is 3.40. The maximum absolute atomic E-state index is 12.7. The van der Waals surface area contributed by atoms with E-state index in [0.29, 0.717) is 37.6 Å². The third kappa shape index (κ3) is 4.10. The first-order chi connectivity index (χ1) is 12.1. The Morgan fingerprint density at radius 2 is 2.08 bits per heavy atom. The van der Waals surface area contributed by atoms with Crippen molar-refractivity contribution in [1.29, 1.82) is 0 Å². The zero-order chi connectivity index (χ0) is 17.8. The van der Waals surface area contributed by atoms with Crippen molar-refractivity contribution >= 4 is 17.6 Å². The van der Waals surface area contributed by atoms with E-state index >= 15 is 0 Å². The highest BCUT2D eigenvalue weighted by Crippen LogP contribution is 2.22. The highest BCUT2D eigenvalue weighted by molar-refractivity contribution is 6.01. The summed E-state index contributed by atoms with van der Waals surface area (Å²) in [6.07, 6.45) is 4.04. The topological polar surface area (TPSA) is 83.6 Å². The van der Waals surface area contributed by atoms with Gasteiger partial charge in [0.15, 0.2) is 0 Å². The molecule has 2 amide bonds. The molecule has 0 aromatic carbocycles. The van der Waals surface area contributed by atoms with Crippen LogP contribution in [0.5, 0.6) is 0 Å². The Labute approximate surface area is 148 Å². The molecule has 0 spiro atoms. The fourth-order valence-electron chi connectivity index (χ4n) is 3.41. The molecule has 0 saturated carbocycles. The van der Waals surface area contributed by atoms with Crippen LogP contribution in [0.25, 0.3) is 0 Å². The summed E-state index contributed by atoms with van der Waals surface area (Å²) in [7, 11) is 0. The summed E-state index contributed by atoms with van der Waals surface area (Å²) in [6.45, 7) is 6.07. The van der Waals surface area contributed by atoms with Crippen LogP contribution in [0.15, 0.2) is 18.3 Å². The van der Waals surface area contributed by atoms with Crippen molar-refractivity contribution in [3.05, 3.63) is 23.9 Å². The molecule has 0 radical (unpaired) electrons. The summed E-state index contributed by atoms with van der Waals surface area (Å²) in [5.41, 5.74) is 0.466. The van der Waals surface area contributed by atoms with Gasteiger partial charge in [-0.05, 0) is 45.2 Å². The number of hydrogen-bond acceptors (Lipinski definition) is 5. The minimum atomic E-state index is -0.456. The van der Waals surface area contributed by atoms with Crippen molar-refractivity contribution in [3.8, 4) is 0 Å². The first-order valence-corrected chi connectivity index (χ1v) is 8.97. The lowest BCUT2D eigenvalue weighted by Crippen LogP contribution is -2.46. The standard InChI is InChI=1S/C18H26N4O3/c1-12(2)20-16-14(4-3-8-19-16)17(23)21-15-5-9-22(18(15)24)13-6-10-25-11-7-13/h3-4,8,12-13,15H,5-7,9-11H2,1-2H3,(H,19,20)(H,21,23). The first kappa shape index (κ1) is 17.7. The fourth-order valence-corrected chi connectivity index (χ4v) is 3.41. The lowest BCUT2D eigenvalue weighted by atomic mass is 10.1. The minimum absolute atomic E-state index is 0.0162. The second-order valence-corrected chi connectivity index (χ2v) is 6.89. The molecular weight excluding hydrogens is 320 g/mol. The molecule has 1 atom stereocenters. The summed E-state index contributed by atoms with van der Waals surface area (Å²) in [5.74, 6) is 0.299. The molecule has 0 aliphatic carbocycles. The molecule has 7 heteroatoms. The van der Waals surface area contributed by atoms with Gasteiger partial charge in [-0.3, -0.25) is 9.59 Å². The SMILES string of the molecule is CC(C)Nc1ncccc1C(=O)NC1CCN(C2CCOCC2)C1=O. The molecule has 2 N–H and O–H groups in total. The van der Waals surface area contributed by atoms with Gasteiger partial charge in [-0.2, -0.15) is 0 Å². The first-order valence-electron chi connectivity index (χ1n) is 8.97. The Kier molecular flexibility index (Phi) is 5.53. The Bertz CT molecular complexity index is 629. The molecular formula is C18H26N4O3. The van der Waals surface area contributed by atoms with Gasteiger partial charge >= 0.3 is 0 Å². The lowest BCUT2D eigenvalue weighted by molar-refractivity contribution is -0.132. The number of ether oxygens (including phenoxy) is 1. The molecule has 0 bridgehead atoms. The van der Waals surface area contributed by atoms with E-state index in [1.165, 1.54) is 0 Å². The van der Waals surface area contributed by atoms with Crippen molar-refractivity contribution in [1.82, 2.24) is 15.2 Å². The maximum atomic E-state index is 12.7. The van der Waals surface area contributed by atoms with Gasteiger partial charge in [-0.15, -0.1) is 0 Å². The van der Waals surface area contributed by atoms with Crippen LogP contribution in [0.2, 0.25) is 0 Å². The van der Waals surface area contributed by atoms with Gasteiger partial charge in [0.25, 0.3) is 5.91 Å². The van der Waals surface area contributed by atoms with Gasteiger partial charge in [0.2, 0.25) is 5.91 Å². The third-order valence-corrected chi connectivity index (χ3v) is 4.65. The Balaban J connectivity index is 1.65. The summed E-state index contributed by atoms with van der Waals surface area (Å²) in [4.78, 5) is 31.5. The van der Waals surface area contributed by atoms with Crippen LogP contribution in [0.1, 0.15) is 43.5 Å². The van der Waals surface area contributed by atoms with Gasteiger partial charge in [0.05, 0.1) is 5.56 Å². The lowest BCUT2D eigenvalue weighted by Gasteiger charge is -2.31. The number of anilines is 1. The number of carbonyl (C=O) groups excluding carboxylic acids is 2. The zero-order valence-corrected chi connectivity index (χ0v) is 14.8. The number of nitrogens with one attached hydrogen (secondary N) is 2. The van der Waals surface area contributed by atoms with Crippen LogP contribution >= 0.6 is 0 Å². The van der Waals surface area contributed by atoms with E-state index in [-0.39, 0.29) is 23.9 Å². The van der Waals surface area contributed by atoms with Gasteiger partial charge in [0.1, 0.15) is 11.9 Å². The Hall–Kier alpha value is -2.15. The second kappa shape index (κ2) is 7.82. The molecule has 1 unspecified atom stereocenters. The van der Waals surface area contributed by atoms with E-state index in [9.17, 15) is 9.59 Å². The molecule has 2 fully saturated rings. The van der Waals surface area contributed by atoms with E-state index in [2.05, 4.69) is 15.6 Å². The number of rotatable bonds is 5. The van der Waals surface area contributed by atoms with E-state index in [0.717, 1.165) is 12.8 Å². The monoisotopic (exact) mass is 346 g/mol. The molecule has 25 heavy (non-hydrogen) atoms. The quantitative estimate of drug-likeness (QED) is 0.842. The predicted octanol–water partition coefficient (Wildman–Crippen LogP) is 1.41. The number of pyridine rings is 1. The number of amides is 2. The molecule has 3 rings (SSSR count). The number of carbonyl (C=O) groups is 2. The van der Waals surface area contributed by atoms with E-state index in [4.69, 9.17) is 4.74 Å². The number of likely N-dealkylation sites (tertiary alicyclic amines) is 1. The van der Waals surface area contributed by atoms with Crippen LogP contribution in [0, 0.1) is 0 Å². The van der Waals surface area contributed by atoms with Gasteiger partial charge in [0, 0.05) is 38.0 Å². The summed E-state index contributed by atoms with van der Waals surface area (Å²) < 4.78 is 5.37. The van der Waals surface area contributed by atoms with E-state index in [1.807, 2.05) is 18.7 Å². The van der Waals surface area contributed by atoms with Crippen LogP contribution in [-0.4, -0.2) is 59.6 Å². The largest absolute Gasteiger partial charge is 0.381 e. The molecule has 3 heterocycles. The van der Waals surface area contributed by atoms with Crippen molar-refractivity contribution in [2.45, 2.75) is 51.2 Å². The van der Waals surface area contributed by atoms with Gasteiger partial charge in [-0.1, -0.05) is 0 Å². The van der Waals surface area contributed by atoms with E-state index in [1.54, 1.807) is 18.3 Å². The van der Waals surface area contributed by atoms with Crippen LogP contribution in [0.3, 0.4) is 0 Å². The number of nitrogens with zero attached hydrogens (tertiary/aromatic N) is 2. The predicted molar refractivity (Wildman–Crippen MR) is 94.4 cm³/mol. The molecule has 1 aromatic rings. The Morgan fingerprint density at radius 3 is 2.80 bits per heavy atom. The third-order valence-electron chi connectivity index (χ3n) is 4.65. The highest BCUT2D eigenvalue weighted by atomic mass is 16.5. The van der Waals surface area contributed by atoms with Crippen molar-refractivity contribution in [3.63, 3.8) is 0 Å². The van der Waals surface area contributed by atoms with Gasteiger partial charge < -0.3 is 20.3 Å². The highest BCUT2D eigenvalue weighted by Gasteiger charge is 2.37. The number of aromatic nitrogens is 1. The summed E-state index contributed by atoms with van der Waals surface area (Å²) in [5, 5.41) is 6.06. The molecule has 1 aromatic heterocycles. The normalized spacial score (nSPS) is 21.6.